The molecule has 5 N–H and O–H groups in total. The Bertz CT molecular complexity index is 368. The predicted octanol–water partition coefficient (Wildman–Crippen LogP) is 0.785. The number of nitrogen functional groups attached to an aromatic ring is 2. The van der Waals surface area contributed by atoms with Crippen LogP contribution < -0.4 is 16.8 Å². The summed E-state index contributed by atoms with van der Waals surface area (Å²) in [6.45, 7) is 6.70. The molecule has 2 rings (SSSR count). The maximum Gasteiger partial charge on any atom is 0.223 e. The molecular weight excluding hydrogens is 228 g/mol. The Morgan fingerprint density at radius 3 is 2.72 bits per heavy atom. The highest BCUT2D eigenvalue weighted by Crippen LogP contribution is 2.12. The van der Waals surface area contributed by atoms with Gasteiger partial charge in [-0.3, -0.25) is 0 Å². The number of likely N-dealkylation sites (tertiary alicyclic amines) is 1. The van der Waals surface area contributed by atoms with Crippen molar-refractivity contribution in [3.63, 3.8) is 0 Å². The van der Waals surface area contributed by atoms with Crippen LogP contribution >= 0.6 is 0 Å². The van der Waals surface area contributed by atoms with Crippen molar-refractivity contribution in [1.82, 2.24) is 14.9 Å². The van der Waals surface area contributed by atoms with Gasteiger partial charge in [-0.15, -0.1) is 0 Å². The summed E-state index contributed by atoms with van der Waals surface area (Å²) in [6.07, 6.45) is 2.66. The van der Waals surface area contributed by atoms with Gasteiger partial charge in [0, 0.05) is 19.2 Å². The van der Waals surface area contributed by atoms with Crippen LogP contribution in [-0.2, 0) is 0 Å². The van der Waals surface area contributed by atoms with Gasteiger partial charge in [0.2, 0.25) is 5.95 Å². The van der Waals surface area contributed by atoms with E-state index in [1.807, 2.05) is 0 Å². The van der Waals surface area contributed by atoms with Gasteiger partial charge in [-0.2, -0.15) is 9.97 Å². The second-order valence-electron chi connectivity index (χ2n) is 5.03. The summed E-state index contributed by atoms with van der Waals surface area (Å²) in [6, 6.07) is 1.71. The van der Waals surface area contributed by atoms with Crippen LogP contribution in [0.25, 0.3) is 0 Å². The maximum absolute atomic E-state index is 5.62. The number of nitrogens with one attached hydrogen (secondary N) is 1. The molecule has 1 atom stereocenters. The van der Waals surface area contributed by atoms with Gasteiger partial charge < -0.3 is 21.7 Å². The summed E-state index contributed by atoms with van der Waals surface area (Å²) < 4.78 is 0. The molecule has 1 aromatic rings. The summed E-state index contributed by atoms with van der Waals surface area (Å²) in [4.78, 5) is 10.4. The minimum Gasteiger partial charge on any atom is -0.383 e. The van der Waals surface area contributed by atoms with Crippen molar-refractivity contribution in [2.24, 2.45) is 5.92 Å². The molecule has 0 radical (unpaired) electrons. The van der Waals surface area contributed by atoms with Gasteiger partial charge in [0.05, 0.1) is 0 Å². The van der Waals surface area contributed by atoms with Gasteiger partial charge in [0.15, 0.2) is 0 Å². The lowest BCUT2D eigenvalue weighted by Gasteiger charge is -2.20. The van der Waals surface area contributed by atoms with E-state index in [0.717, 1.165) is 13.1 Å². The first-order chi connectivity index (χ1) is 8.63. The standard InChI is InChI=1S/C12H22N6/c1-9(8-18-4-2-3-5-18)7-15-11-6-10(13)16-12(14)17-11/h6,9H,2-5,7-8H2,1H3,(H5,13,14,15,16,17). The summed E-state index contributed by atoms with van der Waals surface area (Å²) in [5.41, 5.74) is 11.2. The van der Waals surface area contributed by atoms with Crippen molar-refractivity contribution in [2.45, 2.75) is 19.8 Å². The first-order valence-corrected chi connectivity index (χ1v) is 6.50. The molecule has 0 amide bonds. The first kappa shape index (κ1) is 12.9. The number of nitrogens with two attached hydrogens (primary N) is 2. The average molecular weight is 250 g/mol. The molecule has 1 saturated heterocycles. The first-order valence-electron chi connectivity index (χ1n) is 6.50. The zero-order valence-electron chi connectivity index (χ0n) is 10.9. The molecule has 1 aliphatic rings. The highest BCUT2D eigenvalue weighted by Gasteiger charge is 2.14. The van der Waals surface area contributed by atoms with E-state index in [9.17, 15) is 0 Å². The fourth-order valence-corrected chi connectivity index (χ4v) is 2.33. The molecule has 1 fully saturated rings. The Hall–Kier alpha value is -1.56. The molecule has 1 aliphatic heterocycles. The Morgan fingerprint density at radius 1 is 1.33 bits per heavy atom. The summed E-state index contributed by atoms with van der Waals surface area (Å²) in [7, 11) is 0. The van der Waals surface area contributed by atoms with Crippen LogP contribution in [0.5, 0.6) is 0 Å². The van der Waals surface area contributed by atoms with E-state index in [1.54, 1.807) is 6.07 Å². The minimum absolute atomic E-state index is 0.213. The van der Waals surface area contributed by atoms with Gasteiger partial charge in [0.1, 0.15) is 11.6 Å². The van der Waals surface area contributed by atoms with Crippen molar-refractivity contribution in [3.05, 3.63) is 6.07 Å². The zero-order valence-corrected chi connectivity index (χ0v) is 10.9. The molecule has 0 aromatic carbocycles. The Morgan fingerprint density at radius 2 is 2.06 bits per heavy atom. The molecule has 0 saturated carbocycles. The smallest absolute Gasteiger partial charge is 0.223 e. The quantitative estimate of drug-likeness (QED) is 0.715. The number of aromatic nitrogens is 2. The van der Waals surface area contributed by atoms with Gasteiger partial charge in [-0.05, 0) is 31.8 Å². The van der Waals surface area contributed by atoms with Crippen molar-refractivity contribution in [3.8, 4) is 0 Å². The summed E-state index contributed by atoms with van der Waals surface area (Å²) >= 11 is 0. The Labute approximate surface area is 108 Å². The molecule has 0 spiro atoms. The second kappa shape index (κ2) is 5.86. The lowest BCUT2D eigenvalue weighted by atomic mass is 10.1. The van der Waals surface area contributed by atoms with E-state index < -0.39 is 0 Å². The van der Waals surface area contributed by atoms with Crippen LogP contribution in [-0.4, -0.2) is 41.0 Å². The fourth-order valence-electron chi connectivity index (χ4n) is 2.33. The minimum atomic E-state index is 0.213. The van der Waals surface area contributed by atoms with Crippen molar-refractivity contribution in [1.29, 1.82) is 0 Å². The molecule has 2 heterocycles. The number of hydrogen-bond acceptors (Lipinski definition) is 6. The third-order valence-electron chi connectivity index (χ3n) is 3.16. The van der Waals surface area contributed by atoms with E-state index in [0.29, 0.717) is 17.6 Å². The van der Waals surface area contributed by atoms with Crippen LogP contribution in [0.3, 0.4) is 0 Å². The normalized spacial score (nSPS) is 17.8. The molecule has 6 heteroatoms. The maximum atomic E-state index is 5.62. The van der Waals surface area contributed by atoms with Crippen LogP contribution in [0.2, 0.25) is 0 Å². The molecule has 6 nitrogen and oxygen atoms in total. The SMILES string of the molecule is CC(CNc1cc(N)nc(N)n1)CN1CCCC1. The van der Waals surface area contributed by atoms with E-state index in [-0.39, 0.29) is 5.95 Å². The Kier molecular flexibility index (Phi) is 4.19. The molecule has 0 aliphatic carbocycles. The van der Waals surface area contributed by atoms with Crippen molar-refractivity contribution >= 4 is 17.6 Å². The third-order valence-corrected chi connectivity index (χ3v) is 3.16. The monoisotopic (exact) mass is 250 g/mol. The van der Waals surface area contributed by atoms with Crippen LogP contribution in [0.15, 0.2) is 6.07 Å². The van der Waals surface area contributed by atoms with Gasteiger partial charge in [-0.25, -0.2) is 0 Å². The topological polar surface area (TPSA) is 93.1 Å². The van der Waals surface area contributed by atoms with E-state index in [4.69, 9.17) is 11.5 Å². The van der Waals surface area contributed by atoms with Crippen LogP contribution in [0.4, 0.5) is 17.6 Å². The van der Waals surface area contributed by atoms with Crippen LogP contribution in [0, 0.1) is 5.92 Å². The van der Waals surface area contributed by atoms with Gasteiger partial charge in [0.25, 0.3) is 0 Å². The Balaban J connectivity index is 1.79. The molecule has 18 heavy (non-hydrogen) atoms. The van der Waals surface area contributed by atoms with Crippen LogP contribution in [0.1, 0.15) is 19.8 Å². The number of hydrogen-bond donors (Lipinski definition) is 3. The van der Waals surface area contributed by atoms with Crippen molar-refractivity contribution in [2.75, 3.05) is 43.0 Å². The third kappa shape index (κ3) is 3.73. The van der Waals surface area contributed by atoms with E-state index in [1.165, 1.54) is 25.9 Å². The van der Waals surface area contributed by atoms with Crippen molar-refractivity contribution < 1.29 is 0 Å². The van der Waals surface area contributed by atoms with Gasteiger partial charge in [-0.1, -0.05) is 6.92 Å². The molecule has 1 unspecified atom stereocenters. The predicted molar refractivity (Wildman–Crippen MR) is 74.2 cm³/mol. The summed E-state index contributed by atoms with van der Waals surface area (Å²) in [5.74, 6) is 1.88. The van der Waals surface area contributed by atoms with E-state index >= 15 is 0 Å². The number of nitrogens with zero attached hydrogens (tertiary/aromatic N) is 3. The zero-order chi connectivity index (χ0) is 13.0. The lowest BCUT2D eigenvalue weighted by molar-refractivity contribution is 0.294. The molecule has 100 valence electrons. The van der Waals surface area contributed by atoms with E-state index in [2.05, 4.69) is 27.1 Å². The number of rotatable bonds is 5. The highest BCUT2D eigenvalue weighted by atomic mass is 15.1. The van der Waals surface area contributed by atoms with Gasteiger partial charge >= 0.3 is 0 Å². The highest BCUT2D eigenvalue weighted by molar-refractivity contribution is 5.48. The second-order valence-corrected chi connectivity index (χ2v) is 5.03. The number of anilines is 3. The largest absolute Gasteiger partial charge is 0.383 e. The summed E-state index contributed by atoms with van der Waals surface area (Å²) in [5, 5.41) is 3.26. The lowest BCUT2D eigenvalue weighted by Crippen LogP contribution is -2.29. The molecule has 1 aromatic heterocycles. The fraction of sp³-hybridized carbons (Fsp3) is 0.667. The molecule has 0 bridgehead atoms. The molecular formula is C12H22N6. The average Bonchev–Trinajstić information content (AvgIpc) is 2.78.